The lowest BCUT2D eigenvalue weighted by Crippen LogP contribution is -2.47. The molecule has 4 heterocycles. The number of aromatic amines is 1. The van der Waals surface area contributed by atoms with Crippen LogP contribution in [0.1, 0.15) is 24.8 Å². The van der Waals surface area contributed by atoms with Gasteiger partial charge >= 0.3 is 0 Å². The summed E-state index contributed by atoms with van der Waals surface area (Å²) in [5, 5.41) is 0.980. The molecule has 8 heteroatoms. The highest BCUT2D eigenvalue weighted by Gasteiger charge is 2.36. The van der Waals surface area contributed by atoms with E-state index in [1.807, 2.05) is 23.2 Å². The van der Waals surface area contributed by atoms with Crippen molar-refractivity contribution in [3.05, 3.63) is 30.1 Å². The SMILES string of the molecule is O=C(Cc1c[nH]c2ncccc12)N1CCC(N2CCCS2(=O)=O)CC1. The van der Waals surface area contributed by atoms with Crippen LogP contribution in [0.15, 0.2) is 24.5 Å². The van der Waals surface area contributed by atoms with E-state index in [0.29, 0.717) is 26.1 Å². The molecule has 134 valence electrons. The van der Waals surface area contributed by atoms with Gasteiger partial charge in [-0.3, -0.25) is 4.79 Å². The standard InChI is InChI=1S/C17H22N4O3S/c22-16(11-13-12-19-17-15(13)3-1-6-18-17)20-8-4-14(5-9-20)21-7-2-10-25(21,23)24/h1,3,6,12,14H,2,4-5,7-11H2,(H,18,19). The molecule has 0 unspecified atom stereocenters. The Kier molecular flexibility index (Phi) is 4.24. The number of likely N-dealkylation sites (tertiary alicyclic amines) is 1. The zero-order valence-electron chi connectivity index (χ0n) is 14.0. The van der Waals surface area contributed by atoms with Crippen molar-refractivity contribution in [2.45, 2.75) is 31.7 Å². The van der Waals surface area contributed by atoms with Crippen LogP contribution >= 0.6 is 0 Å². The molecule has 0 spiro atoms. The molecular weight excluding hydrogens is 340 g/mol. The van der Waals surface area contributed by atoms with Crippen molar-refractivity contribution < 1.29 is 13.2 Å². The van der Waals surface area contributed by atoms with Crippen LogP contribution in [0.4, 0.5) is 0 Å². The Morgan fingerprint density at radius 3 is 2.80 bits per heavy atom. The fourth-order valence-corrected chi connectivity index (χ4v) is 5.71. The molecule has 2 fully saturated rings. The number of piperidine rings is 1. The summed E-state index contributed by atoms with van der Waals surface area (Å²) in [6.07, 6.45) is 6.08. The first-order chi connectivity index (χ1) is 12.0. The largest absolute Gasteiger partial charge is 0.346 e. The van der Waals surface area contributed by atoms with E-state index in [4.69, 9.17) is 0 Å². The number of carbonyl (C=O) groups excluding carboxylic acids is 1. The molecule has 1 N–H and O–H groups in total. The second kappa shape index (κ2) is 6.42. The molecule has 0 saturated carbocycles. The fraction of sp³-hybridized carbons (Fsp3) is 0.529. The molecule has 2 saturated heterocycles. The molecule has 4 rings (SSSR count). The minimum Gasteiger partial charge on any atom is -0.346 e. The minimum absolute atomic E-state index is 0.0499. The van der Waals surface area contributed by atoms with Gasteiger partial charge in [-0.1, -0.05) is 0 Å². The van der Waals surface area contributed by atoms with Gasteiger partial charge in [-0.2, -0.15) is 4.31 Å². The number of nitrogens with one attached hydrogen (secondary N) is 1. The van der Waals surface area contributed by atoms with Crippen LogP contribution in [0.5, 0.6) is 0 Å². The molecule has 0 atom stereocenters. The number of rotatable bonds is 3. The zero-order chi connectivity index (χ0) is 17.4. The average molecular weight is 362 g/mol. The van der Waals surface area contributed by atoms with Gasteiger partial charge in [-0.05, 0) is 37.0 Å². The Morgan fingerprint density at radius 1 is 1.28 bits per heavy atom. The van der Waals surface area contributed by atoms with E-state index in [9.17, 15) is 13.2 Å². The highest BCUT2D eigenvalue weighted by Crippen LogP contribution is 2.25. The Hall–Kier alpha value is -1.93. The van der Waals surface area contributed by atoms with Gasteiger partial charge in [-0.15, -0.1) is 0 Å². The van der Waals surface area contributed by atoms with Crippen LogP contribution in [-0.2, 0) is 21.2 Å². The van der Waals surface area contributed by atoms with Crippen LogP contribution in [-0.4, -0.2) is 64.9 Å². The van der Waals surface area contributed by atoms with Gasteiger partial charge in [0.05, 0.1) is 12.2 Å². The molecule has 7 nitrogen and oxygen atoms in total. The van der Waals surface area contributed by atoms with Gasteiger partial charge in [0.25, 0.3) is 0 Å². The number of pyridine rings is 1. The Labute approximate surface area is 147 Å². The molecular formula is C17H22N4O3S. The predicted octanol–water partition coefficient (Wildman–Crippen LogP) is 1.13. The summed E-state index contributed by atoms with van der Waals surface area (Å²) in [5.74, 6) is 0.355. The second-order valence-electron chi connectivity index (χ2n) is 6.78. The molecule has 1 amide bonds. The number of fused-ring (bicyclic) bond motifs is 1. The smallest absolute Gasteiger partial charge is 0.227 e. The number of nitrogens with zero attached hydrogens (tertiary/aromatic N) is 3. The number of H-pyrrole nitrogens is 1. The maximum absolute atomic E-state index is 12.6. The van der Waals surface area contributed by atoms with E-state index in [1.54, 1.807) is 10.5 Å². The number of amides is 1. The van der Waals surface area contributed by atoms with Gasteiger partial charge in [-0.25, -0.2) is 13.4 Å². The summed E-state index contributed by atoms with van der Waals surface area (Å²) in [6.45, 7) is 1.87. The lowest BCUT2D eigenvalue weighted by atomic mass is 10.0. The average Bonchev–Trinajstić information content (AvgIpc) is 3.18. The van der Waals surface area contributed by atoms with Gasteiger partial charge in [0, 0.05) is 43.5 Å². The molecule has 2 aliphatic heterocycles. The van der Waals surface area contributed by atoms with E-state index in [2.05, 4.69) is 9.97 Å². The van der Waals surface area contributed by atoms with Crippen LogP contribution < -0.4 is 0 Å². The van der Waals surface area contributed by atoms with Gasteiger partial charge in [0.15, 0.2) is 0 Å². The summed E-state index contributed by atoms with van der Waals surface area (Å²) < 4.78 is 25.7. The van der Waals surface area contributed by atoms with Crippen LogP contribution in [0.3, 0.4) is 0 Å². The van der Waals surface area contributed by atoms with Crippen molar-refractivity contribution in [3.8, 4) is 0 Å². The maximum Gasteiger partial charge on any atom is 0.227 e. The topological polar surface area (TPSA) is 86.4 Å². The van der Waals surface area contributed by atoms with E-state index in [-0.39, 0.29) is 17.7 Å². The predicted molar refractivity (Wildman–Crippen MR) is 94.5 cm³/mol. The summed E-state index contributed by atoms with van der Waals surface area (Å²) in [7, 11) is -3.07. The Balaban J connectivity index is 1.38. The van der Waals surface area contributed by atoms with Crippen molar-refractivity contribution in [2.24, 2.45) is 0 Å². The molecule has 0 aliphatic carbocycles. The highest BCUT2D eigenvalue weighted by molar-refractivity contribution is 7.89. The normalized spacial score (nSPS) is 21.8. The van der Waals surface area contributed by atoms with Gasteiger partial charge < -0.3 is 9.88 Å². The lowest BCUT2D eigenvalue weighted by Gasteiger charge is -2.35. The van der Waals surface area contributed by atoms with Crippen molar-refractivity contribution in [1.82, 2.24) is 19.2 Å². The quantitative estimate of drug-likeness (QED) is 0.887. The highest BCUT2D eigenvalue weighted by atomic mass is 32.2. The Bertz CT molecular complexity index is 884. The van der Waals surface area contributed by atoms with Crippen molar-refractivity contribution >= 4 is 27.0 Å². The lowest BCUT2D eigenvalue weighted by molar-refractivity contribution is -0.131. The maximum atomic E-state index is 12.6. The van der Waals surface area contributed by atoms with Crippen LogP contribution in [0, 0.1) is 0 Å². The van der Waals surface area contributed by atoms with Crippen LogP contribution in [0.25, 0.3) is 11.0 Å². The third-order valence-corrected chi connectivity index (χ3v) is 7.24. The number of hydrogen-bond donors (Lipinski definition) is 1. The summed E-state index contributed by atoms with van der Waals surface area (Å²) in [6, 6.07) is 3.88. The molecule has 2 aliphatic rings. The second-order valence-corrected chi connectivity index (χ2v) is 8.82. The van der Waals surface area contributed by atoms with E-state index >= 15 is 0 Å². The molecule has 0 bridgehead atoms. The van der Waals surface area contributed by atoms with Crippen molar-refractivity contribution in [1.29, 1.82) is 0 Å². The fourth-order valence-electron chi connectivity index (χ4n) is 3.91. The van der Waals surface area contributed by atoms with Crippen molar-refractivity contribution in [2.75, 3.05) is 25.4 Å². The monoisotopic (exact) mass is 362 g/mol. The molecule has 2 aromatic heterocycles. The number of aromatic nitrogens is 2. The van der Waals surface area contributed by atoms with Gasteiger partial charge in [0.2, 0.25) is 15.9 Å². The number of carbonyl (C=O) groups is 1. The number of hydrogen-bond acceptors (Lipinski definition) is 4. The zero-order valence-corrected chi connectivity index (χ0v) is 14.8. The molecule has 25 heavy (non-hydrogen) atoms. The van der Waals surface area contributed by atoms with E-state index in [1.165, 1.54) is 0 Å². The van der Waals surface area contributed by atoms with E-state index in [0.717, 1.165) is 35.9 Å². The number of sulfonamides is 1. The molecule has 0 radical (unpaired) electrons. The summed E-state index contributed by atoms with van der Waals surface area (Å²) in [5.41, 5.74) is 1.75. The van der Waals surface area contributed by atoms with Crippen LogP contribution in [0.2, 0.25) is 0 Å². The molecule has 2 aromatic rings. The first-order valence-corrected chi connectivity index (χ1v) is 10.3. The summed E-state index contributed by atoms with van der Waals surface area (Å²) in [4.78, 5) is 21.8. The van der Waals surface area contributed by atoms with Crippen molar-refractivity contribution in [3.63, 3.8) is 0 Å². The third-order valence-electron chi connectivity index (χ3n) is 5.24. The first kappa shape index (κ1) is 16.5. The third kappa shape index (κ3) is 3.16. The minimum atomic E-state index is -3.07. The summed E-state index contributed by atoms with van der Waals surface area (Å²) >= 11 is 0. The first-order valence-electron chi connectivity index (χ1n) is 8.73. The molecule has 0 aromatic carbocycles. The van der Waals surface area contributed by atoms with Gasteiger partial charge in [0.1, 0.15) is 5.65 Å². The Morgan fingerprint density at radius 2 is 2.08 bits per heavy atom. The van der Waals surface area contributed by atoms with E-state index < -0.39 is 10.0 Å².